The minimum absolute atomic E-state index is 0.709. The molecule has 0 aliphatic rings. The Bertz CT molecular complexity index is 91.3. The van der Waals surface area contributed by atoms with Gasteiger partial charge in [0.2, 0.25) is 0 Å². The van der Waals surface area contributed by atoms with Crippen LogP contribution in [0.2, 0.25) is 0 Å². The Kier molecular flexibility index (Phi) is 6.24. The first kappa shape index (κ1) is 9.47. The van der Waals surface area contributed by atoms with Gasteiger partial charge in [0.05, 0.1) is 0 Å². The van der Waals surface area contributed by atoms with Crippen LogP contribution in [-0.2, 0) is 4.84 Å². The van der Waals surface area contributed by atoms with Crippen molar-refractivity contribution >= 4 is 6.21 Å². The van der Waals surface area contributed by atoms with Crippen LogP contribution in [0.1, 0.15) is 26.7 Å². The number of oxime groups is 1. The molecular formula is C8H16NO. The Balaban J connectivity index is 3.03. The number of rotatable bonds is 5. The van der Waals surface area contributed by atoms with Crippen molar-refractivity contribution in [2.75, 3.05) is 6.61 Å². The van der Waals surface area contributed by atoms with Crippen molar-refractivity contribution in [2.45, 2.75) is 26.7 Å². The van der Waals surface area contributed by atoms with Crippen molar-refractivity contribution in [3.05, 3.63) is 6.92 Å². The number of hydrogen-bond acceptors (Lipinski definition) is 2. The predicted molar refractivity (Wildman–Crippen MR) is 43.9 cm³/mol. The summed E-state index contributed by atoms with van der Waals surface area (Å²) in [5.74, 6) is 0.736. The molecule has 2 heteroatoms. The fourth-order valence-electron chi connectivity index (χ4n) is 0.563. The summed E-state index contributed by atoms with van der Waals surface area (Å²) < 4.78 is 0. The highest BCUT2D eigenvalue weighted by Gasteiger charge is 1.96. The van der Waals surface area contributed by atoms with E-state index in [2.05, 4.69) is 25.9 Å². The lowest BCUT2D eigenvalue weighted by Gasteiger charge is -2.05. The van der Waals surface area contributed by atoms with E-state index in [4.69, 9.17) is 4.84 Å². The van der Waals surface area contributed by atoms with Gasteiger partial charge in [0.1, 0.15) is 6.61 Å². The molecule has 59 valence electrons. The van der Waals surface area contributed by atoms with Crippen LogP contribution in [0.3, 0.4) is 0 Å². The summed E-state index contributed by atoms with van der Waals surface area (Å²) in [6.45, 7) is 8.50. The average Bonchev–Trinajstić information content (AvgIpc) is 1.98. The lowest BCUT2D eigenvalue weighted by atomic mass is 10.1. The quantitative estimate of drug-likeness (QED) is 0.328. The molecule has 1 unspecified atom stereocenters. The van der Waals surface area contributed by atoms with Gasteiger partial charge in [-0.15, -0.1) is 0 Å². The summed E-state index contributed by atoms with van der Waals surface area (Å²) in [7, 11) is 0. The van der Waals surface area contributed by atoms with Gasteiger partial charge >= 0.3 is 0 Å². The normalized spacial score (nSPS) is 13.9. The van der Waals surface area contributed by atoms with Crippen LogP contribution in [0.4, 0.5) is 0 Å². The van der Waals surface area contributed by atoms with Crippen molar-refractivity contribution in [3.63, 3.8) is 0 Å². The molecule has 2 nitrogen and oxygen atoms in total. The second kappa shape index (κ2) is 6.59. The fraction of sp³-hybridized carbons (Fsp3) is 0.750. The molecule has 0 bridgehead atoms. The van der Waals surface area contributed by atoms with E-state index in [1.807, 2.05) is 0 Å². The molecule has 0 N–H and O–H groups in total. The molecule has 10 heavy (non-hydrogen) atoms. The summed E-state index contributed by atoms with van der Waals surface area (Å²) >= 11 is 0. The van der Waals surface area contributed by atoms with Crippen molar-refractivity contribution in [1.29, 1.82) is 0 Å². The van der Waals surface area contributed by atoms with Gasteiger partial charge in [0.25, 0.3) is 0 Å². The van der Waals surface area contributed by atoms with Crippen molar-refractivity contribution in [3.8, 4) is 0 Å². The summed E-state index contributed by atoms with van der Waals surface area (Å²) in [6, 6.07) is 0. The molecule has 0 amide bonds. The standard InChI is InChI=1S/C8H16NO/c1-4-8(3)6-7-10-9-5-2/h5,8H,2,4,6-7H2,1,3H3. The fourth-order valence-corrected chi connectivity index (χ4v) is 0.563. The largest absolute Gasteiger partial charge is 0.396 e. The lowest BCUT2D eigenvalue weighted by Crippen LogP contribution is -1.97. The minimum Gasteiger partial charge on any atom is -0.396 e. The Labute approximate surface area is 63.3 Å². The van der Waals surface area contributed by atoms with Gasteiger partial charge in [0.15, 0.2) is 0 Å². The molecular weight excluding hydrogens is 126 g/mol. The van der Waals surface area contributed by atoms with E-state index in [0.29, 0.717) is 6.61 Å². The summed E-state index contributed by atoms with van der Waals surface area (Å²) in [4.78, 5) is 4.86. The second-order valence-electron chi connectivity index (χ2n) is 2.42. The highest BCUT2D eigenvalue weighted by molar-refractivity contribution is 5.60. The highest BCUT2D eigenvalue weighted by atomic mass is 16.6. The molecule has 0 fully saturated rings. The van der Waals surface area contributed by atoms with Crippen LogP contribution in [-0.4, -0.2) is 12.8 Å². The summed E-state index contributed by atoms with van der Waals surface area (Å²) in [6.07, 6.45) is 3.70. The van der Waals surface area contributed by atoms with Crippen molar-refractivity contribution < 1.29 is 4.84 Å². The van der Waals surface area contributed by atoms with Gasteiger partial charge < -0.3 is 4.84 Å². The van der Waals surface area contributed by atoms with Gasteiger partial charge in [-0.1, -0.05) is 25.4 Å². The van der Waals surface area contributed by atoms with E-state index < -0.39 is 0 Å². The Hall–Kier alpha value is -0.530. The van der Waals surface area contributed by atoms with Gasteiger partial charge in [-0.25, -0.2) is 0 Å². The maximum absolute atomic E-state index is 4.86. The van der Waals surface area contributed by atoms with E-state index in [1.165, 1.54) is 12.6 Å². The van der Waals surface area contributed by atoms with Crippen LogP contribution in [0.25, 0.3) is 0 Å². The Morgan fingerprint density at radius 2 is 2.40 bits per heavy atom. The molecule has 0 heterocycles. The molecule has 0 aromatic carbocycles. The van der Waals surface area contributed by atoms with Crippen LogP contribution < -0.4 is 0 Å². The highest BCUT2D eigenvalue weighted by Crippen LogP contribution is 2.05. The van der Waals surface area contributed by atoms with Crippen molar-refractivity contribution in [1.82, 2.24) is 0 Å². The van der Waals surface area contributed by atoms with Crippen LogP contribution in [0, 0.1) is 12.8 Å². The Morgan fingerprint density at radius 1 is 1.70 bits per heavy atom. The van der Waals surface area contributed by atoms with Crippen LogP contribution >= 0.6 is 0 Å². The third-order valence-electron chi connectivity index (χ3n) is 1.55. The molecule has 0 saturated carbocycles. The van der Waals surface area contributed by atoms with Crippen LogP contribution in [0.15, 0.2) is 5.16 Å². The van der Waals surface area contributed by atoms with E-state index >= 15 is 0 Å². The number of hydrogen-bond donors (Lipinski definition) is 0. The van der Waals surface area contributed by atoms with E-state index in [0.717, 1.165) is 12.3 Å². The molecule has 0 aromatic heterocycles. The molecule has 0 aromatic rings. The number of nitrogens with zero attached hydrogens (tertiary/aromatic N) is 1. The van der Waals surface area contributed by atoms with Crippen molar-refractivity contribution in [2.24, 2.45) is 11.1 Å². The lowest BCUT2D eigenvalue weighted by molar-refractivity contribution is 0.132. The minimum atomic E-state index is 0.709. The first-order chi connectivity index (χ1) is 4.81. The molecule has 0 saturated heterocycles. The molecule has 0 aliphatic carbocycles. The molecule has 0 aliphatic heterocycles. The van der Waals surface area contributed by atoms with Gasteiger partial charge in [-0.2, -0.15) is 0 Å². The zero-order valence-corrected chi connectivity index (χ0v) is 6.84. The summed E-state index contributed by atoms with van der Waals surface area (Å²) in [5, 5.41) is 3.54. The topological polar surface area (TPSA) is 21.6 Å². The molecule has 0 spiro atoms. The summed E-state index contributed by atoms with van der Waals surface area (Å²) in [5.41, 5.74) is 0. The van der Waals surface area contributed by atoms with Gasteiger partial charge in [-0.3, -0.25) is 0 Å². The molecule has 0 rings (SSSR count). The Morgan fingerprint density at radius 3 is 2.90 bits per heavy atom. The average molecular weight is 142 g/mol. The smallest absolute Gasteiger partial charge is 0.117 e. The van der Waals surface area contributed by atoms with Crippen LogP contribution in [0.5, 0.6) is 0 Å². The van der Waals surface area contributed by atoms with Gasteiger partial charge in [0, 0.05) is 6.21 Å². The molecule has 1 atom stereocenters. The third kappa shape index (κ3) is 5.60. The predicted octanol–water partition coefficient (Wildman–Crippen LogP) is 2.26. The second-order valence-corrected chi connectivity index (χ2v) is 2.42. The SMILES string of the molecule is [CH2]C=NOCCC(C)CC. The monoisotopic (exact) mass is 142 g/mol. The molecule has 1 radical (unpaired) electrons. The first-order valence-corrected chi connectivity index (χ1v) is 3.74. The third-order valence-corrected chi connectivity index (χ3v) is 1.55. The maximum Gasteiger partial charge on any atom is 0.117 e. The first-order valence-electron chi connectivity index (χ1n) is 3.74. The van der Waals surface area contributed by atoms with E-state index in [1.54, 1.807) is 0 Å². The van der Waals surface area contributed by atoms with Gasteiger partial charge in [-0.05, 0) is 19.3 Å². The maximum atomic E-state index is 4.86. The zero-order chi connectivity index (χ0) is 7.82. The van der Waals surface area contributed by atoms with E-state index in [9.17, 15) is 0 Å². The zero-order valence-electron chi connectivity index (χ0n) is 6.84. The van der Waals surface area contributed by atoms with E-state index in [-0.39, 0.29) is 0 Å².